The average Bonchev–Trinajstić information content (AvgIpc) is 2.25. The van der Waals surface area contributed by atoms with Gasteiger partial charge in [-0.1, -0.05) is 0 Å². The van der Waals surface area contributed by atoms with E-state index in [1.807, 2.05) is 0 Å². The Bertz CT molecular complexity index is 364. The summed E-state index contributed by atoms with van der Waals surface area (Å²) in [5.41, 5.74) is 0. The largest absolute Gasteiger partial charge is 0.365 e. The van der Waals surface area contributed by atoms with Gasteiger partial charge in [-0.25, -0.2) is 9.37 Å². The third kappa shape index (κ3) is 2.92. The molecule has 1 aromatic heterocycles. The molecule has 1 aromatic rings. The summed E-state index contributed by atoms with van der Waals surface area (Å²) in [6.07, 6.45) is 3.68. The van der Waals surface area contributed by atoms with E-state index >= 15 is 0 Å². The van der Waals surface area contributed by atoms with Gasteiger partial charge in [0, 0.05) is 16.7 Å². The van der Waals surface area contributed by atoms with Crippen molar-refractivity contribution in [3.8, 4) is 0 Å². The topological polar surface area (TPSA) is 28.2 Å². The zero-order valence-corrected chi connectivity index (χ0v) is 10.8. The molecule has 2 heterocycles. The van der Waals surface area contributed by atoms with E-state index < -0.39 is 0 Å². The number of pyridine rings is 1. The summed E-state index contributed by atoms with van der Waals surface area (Å²) in [4.78, 5) is 6.33. The summed E-state index contributed by atoms with van der Waals surface area (Å²) in [6.45, 7) is 2.10. The molecular formula is C11H15BrFN3. The Balaban J connectivity index is 1.98. The average molecular weight is 288 g/mol. The zero-order chi connectivity index (χ0) is 11.5. The van der Waals surface area contributed by atoms with Crippen LogP contribution in [-0.2, 0) is 0 Å². The molecule has 3 nitrogen and oxygen atoms in total. The van der Waals surface area contributed by atoms with Crippen LogP contribution in [0.4, 0.5) is 10.2 Å². The van der Waals surface area contributed by atoms with Crippen molar-refractivity contribution in [2.24, 2.45) is 0 Å². The predicted octanol–water partition coefficient (Wildman–Crippen LogP) is 2.49. The molecule has 0 radical (unpaired) electrons. The van der Waals surface area contributed by atoms with Crippen molar-refractivity contribution in [2.45, 2.75) is 18.9 Å². The Labute approximate surface area is 103 Å². The van der Waals surface area contributed by atoms with Crippen LogP contribution in [0, 0.1) is 5.82 Å². The van der Waals surface area contributed by atoms with Crippen LogP contribution in [0.2, 0.25) is 0 Å². The third-order valence-corrected chi connectivity index (χ3v) is 3.30. The Kier molecular flexibility index (Phi) is 3.76. The highest BCUT2D eigenvalue weighted by Gasteiger charge is 2.17. The number of rotatable bonds is 2. The van der Waals surface area contributed by atoms with Crippen molar-refractivity contribution < 1.29 is 4.39 Å². The Morgan fingerprint density at radius 3 is 2.81 bits per heavy atom. The normalized spacial score (nSPS) is 18.7. The molecule has 0 unspecified atom stereocenters. The highest BCUT2D eigenvalue weighted by Crippen LogP contribution is 2.19. The van der Waals surface area contributed by atoms with E-state index in [-0.39, 0.29) is 5.82 Å². The number of anilines is 1. The minimum atomic E-state index is -0.298. The molecule has 16 heavy (non-hydrogen) atoms. The SMILES string of the molecule is CN1CCC(Nc2ncc(Br)cc2F)CC1. The molecule has 0 bridgehead atoms. The monoisotopic (exact) mass is 287 g/mol. The Hall–Kier alpha value is -0.680. The summed E-state index contributed by atoms with van der Waals surface area (Å²) in [5.74, 6) is 0.0612. The van der Waals surface area contributed by atoms with E-state index in [9.17, 15) is 4.39 Å². The van der Waals surface area contributed by atoms with Crippen molar-refractivity contribution in [3.63, 3.8) is 0 Å². The van der Waals surface area contributed by atoms with Gasteiger partial charge in [0.05, 0.1) is 0 Å². The lowest BCUT2D eigenvalue weighted by Crippen LogP contribution is -2.37. The van der Waals surface area contributed by atoms with Crippen LogP contribution in [0.25, 0.3) is 0 Å². The molecule has 0 saturated carbocycles. The standard InChI is InChI=1S/C11H15BrFN3/c1-16-4-2-9(3-5-16)15-11-10(13)6-8(12)7-14-11/h6-7,9H,2-5H2,1H3,(H,14,15). The number of aromatic nitrogens is 1. The maximum absolute atomic E-state index is 13.5. The number of hydrogen-bond donors (Lipinski definition) is 1. The molecule has 0 atom stereocenters. The van der Waals surface area contributed by atoms with Gasteiger partial charge in [0.1, 0.15) is 0 Å². The van der Waals surface area contributed by atoms with Crippen LogP contribution < -0.4 is 5.32 Å². The lowest BCUT2D eigenvalue weighted by atomic mass is 10.1. The minimum Gasteiger partial charge on any atom is -0.365 e. The minimum absolute atomic E-state index is 0.298. The lowest BCUT2D eigenvalue weighted by molar-refractivity contribution is 0.263. The van der Waals surface area contributed by atoms with Crippen molar-refractivity contribution in [1.82, 2.24) is 9.88 Å². The first-order valence-corrected chi connectivity index (χ1v) is 6.20. The zero-order valence-electron chi connectivity index (χ0n) is 9.21. The van der Waals surface area contributed by atoms with Crippen LogP contribution in [0.5, 0.6) is 0 Å². The van der Waals surface area contributed by atoms with Crippen LogP contribution in [0.3, 0.4) is 0 Å². The fourth-order valence-electron chi connectivity index (χ4n) is 1.87. The molecule has 0 aliphatic carbocycles. The molecule has 1 aliphatic heterocycles. The molecule has 5 heteroatoms. The first-order chi connectivity index (χ1) is 7.65. The second-order valence-electron chi connectivity index (χ2n) is 4.21. The fraction of sp³-hybridized carbons (Fsp3) is 0.545. The van der Waals surface area contributed by atoms with Gasteiger partial charge in [0.25, 0.3) is 0 Å². The highest BCUT2D eigenvalue weighted by molar-refractivity contribution is 9.10. The van der Waals surface area contributed by atoms with E-state index in [1.165, 1.54) is 6.07 Å². The summed E-state index contributed by atoms with van der Waals surface area (Å²) < 4.78 is 14.2. The molecule has 0 amide bonds. The molecule has 1 aliphatic rings. The van der Waals surface area contributed by atoms with E-state index in [0.717, 1.165) is 25.9 Å². The molecule has 0 aromatic carbocycles. The second-order valence-corrected chi connectivity index (χ2v) is 5.12. The molecule has 1 saturated heterocycles. The van der Waals surface area contributed by atoms with Crippen molar-refractivity contribution >= 4 is 21.7 Å². The maximum atomic E-state index is 13.5. The first-order valence-electron chi connectivity index (χ1n) is 5.41. The molecule has 88 valence electrons. The summed E-state index contributed by atoms with van der Waals surface area (Å²) in [7, 11) is 2.11. The third-order valence-electron chi connectivity index (χ3n) is 2.87. The summed E-state index contributed by atoms with van der Waals surface area (Å²) in [5, 5.41) is 3.16. The van der Waals surface area contributed by atoms with Gasteiger partial charge >= 0.3 is 0 Å². The van der Waals surface area contributed by atoms with E-state index in [0.29, 0.717) is 16.3 Å². The molecule has 1 fully saturated rings. The van der Waals surface area contributed by atoms with E-state index in [2.05, 4.69) is 38.2 Å². The first kappa shape index (κ1) is 11.8. The number of piperidine rings is 1. The van der Waals surface area contributed by atoms with E-state index in [1.54, 1.807) is 6.20 Å². The van der Waals surface area contributed by atoms with Crippen LogP contribution in [-0.4, -0.2) is 36.1 Å². The van der Waals surface area contributed by atoms with Gasteiger partial charge in [-0.3, -0.25) is 0 Å². The van der Waals surface area contributed by atoms with Gasteiger partial charge in [-0.05, 0) is 55.0 Å². The van der Waals surface area contributed by atoms with Crippen LogP contribution in [0.15, 0.2) is 16.7 Å². The maximum Gasteiger partial charge on any atom is 0.166 e. The van der Waals surface area contributed by atoms with E-state index in [4.69, 9.17) is 0 Å². The molecule has 1 N–H and O–H groups in total. The molecule has 0 spiro atoms. The fourth-order valence-corrected chi connectivity index (χ4v) is 2.17. The number of halogens is 2. The molecular weight excluding hydrogens is 273 g/mol. The van der Waals surface area contributed by atoms with Gasteiger partial charge in [-0.15, -0.1) is 0 Å². The molecule has 2 rings (SSSR count). The van der Waals surface area contributed by atoms with Crippen molar-refractivity contribution in [3.05, 3.63) is 22.6 Å². The van der Waals surface area contributed by atoms with Crippen molar-refractivity contribution in [1.29, 1.82) is 0 Å². The van der Waals surface area contributed by atoms with Crippen LogP contribution in [0.1, 0.15) is 12.8 Å². The van der Waals surface area contributed by atoms with Crippen molar-refractivity contribution in [2.75, 3.05) is 25.5 Å². The van der Waals surface area contributed by atoms with Crippen LogP contribution >= 0.6 is 15.9 Å². The summed E-state index contributed by atoms with van der Waals surface area (Å²) in [6, 6.07) is 1.77. The second kappa shape index (κ2) is 5.10. The Morgan fingerprint density at radius 1 is 1.50 bits per heavy atom. The predicted molar refractivity (Wildman–Crippen MR) is 66.0 cm³/mol. The van der Waals surface area contributed by atoms with Gasteiger partial charge in [0.2, 0.25) is 0 Å². The number of nitrogens with zero attached hydrogens (tertiary/aromatic N) is 2. The number of nitrogens with one attached hydrogen (secondary N) is 1. The number of likely N-dealkylation sites (tertiary alicyclic amines) is 1. The Morgan fingerprint density at radius 2 is 2.19 bits per heavy atom. The van der Waals surface area contributed by atoms with Gasteiger partial charge < -0.3 is 10.2 Å². The summed E-state index contributed by atoms with van der Waals surface area (Å²) >= 11 is 3.19. The van der Waals surface area contributed by atoms with Gasteiger partial charge in [-0.2, -0.15) is 0 Å². The van der Waals surface area contributed by atoms with Gasteiger partial charge in [0.15, 0.2) is 11.6 Å². The lowest BCUT2D eigenvalue weighted by Gasteiger charge is -2.29. The quantitative estimate of drug-likeness (QED) is 0.906. The number of hydrogen-bond acceptors (Lipinski definition) is 3. The highest BCUT2D eigenvalue weighted by atomic mass is 79.9. The smallest absolute Gasteiger partial charge is 0.166 e.